The Hall–Kier alpha value is -3.32. The molecule has 3 aliphatic rings. The smallest absolute Gasteiger partial charge is 0.341 e. The summed E-state index contributed by atoms with van der Waals surface area (Å²) < 4.78 is 16.3. The fourth-order valence-corrected chi connectivity index (χ4v) is 9.10. The van der Waals surface area contributed by atoms with E-state index in [0.717, 1.165) is 54.7 Å². The van der Waals surface area contributed by atoms with Gasteiger partial charge < -0.3 is 19.5 Å². The van der Waals surface area contributed by atoms with Gasteiger partial charge in [0, 0.05) is 4.88 Å². The molecule has 4 atom stereocenters. The minimum absolute atomic E-state index is 0.113. The Morgan fingerprint density at radius 1 is 1.05 bits per heavy atom. The van der Waals surface area contributed by atoms with Crippen LogP contribution in [0.4, 0.5) is 5.00 Å². The number of hydrogen-bond acceptors (Lipinski definition) is 6. The molecule has 2 aromatic carbocycles. The van der Waals surface area contributed by atoms with Crippen molar-refractivity contribution < 1.29 is 23.8 Å². The molecule has 4 unspecified atom stereocenters. The molecule has 1 fully saturated rings. The molecule has 210 valence electrons. The van der Waals surface area contributed by atoms with Crippen LogP contribution in [0.5, 0.6) is 11.5 Å². The summed E-state index contributed by atoms with van der Waals surface area (Å²) in [5.41, 5.74) is 5.38. The number of aryl methyl sites for hydroxylation is 1. The molecule has 6 rings (SSSR count). The monoisotopic (exact) mass is 559 g/mol. The number of fused-ring (bicyclic) bond motifs is 7. The number of rotatable bonds is 7. The van der Waals surface area contributed by atoms with Crippen molar-refractivity contribution in [2.24, 2.45) is 11.8 Å². The van der Waals surface area contributed by atoms with Crippen LogP contribution in [-0.4, -0.2) is 32.7 Å². The maximum absolute atomic E-state index is 13.4. The summed E-state index contributed by atoms with van der Waals surface area (Å²) >= 11 is 1.57. The van der Waals surface area contributed by atoms with Gasteiger partial charge in [-0.1, -0.05) is 25.1 Å². The highest BCUT2D eigenvalue weighted by Crippen LogP contribution is 2.63. The molecular weight excluding hydrogens is 522 g/mol. The number of esters is 1. The maximum Gasteiger partial charge on any atom is 0.341 e. The van der Waals surface area contributed by atoms with Gasteiger partial charge in [-0.15, -0.1) is 11.3 Å². The Bertz CT molecular complexity index is 1440. The first-order chi connectivity index (χ1) is 19.4. The summed E-state index contributed by atoms with van der Waals surface area (Å²) in [5, 5.41) is 3.71. The molecule has 0 radical (unpaired) electrons. The molecule has 1 N–H and O–H groups in total. The largest absolute Gasteiger partial charge is 0.497 e. The molecule has 7 heteroatoms. The summed E-state index contributed by atoms with van der Waals surface area (Å²) in [6, 6.07) is 14.1. The van der Waals surface area contributed by atoms with Crippen molar-refractivity contribution in [3.8, 4) is 11.5 Å². The SMILES string of the molecule is CCOC(=O)c1c(NC(=O)Cc2ccc(OC)cc2)sc2c1C1(C)CCC3c4ccc(OC)cc4CCC3C1C2. The average Bonchev–Trinajstić information content (AvgIpc) is 3.46. The Balaban J connectivity index is 1.29. The predicted molar refractivity (Wildman–Crippen MR) is 157 cm³/mol. The zero-order chi connectivity index (χ0) is 28.0. The second kappa shape index (κ2) is 10.6. The lowest BCUT2D eigenvalue weighted by Crippen LogP contribution is -2.43. The van der Waals surface area contributed by atoms with Gasteiger partial charge in [-0.2, -0.15) is 0 Å². The normalized spacial score (nSPS) is 24.2. The standard InChI is InChI=1S/C33H37NO5S/c1-5-39-32(36)29-30-27(40-31(29)34-28(35)16-19-6-9-21(37-3)10-7-19)18-26-25-12-8-20-17-22(38-4)11-13-23(20)24(25)14-15-33(26,30)2/h6-7,9-11,13,17,24-26H,5,8,12,14-16,18H2,1-4H3,(H,34,35). The lowest BCUT2D eigenvalue weighted by molar-refractivity contribution is -0.115. The van der Waals surface area contributed by atoms with Crippen molar-refractivity contribution in [2.45, 2.75) is 63.7 Å². The lowest BCUT2D eigenvalue weighted by atomic mass is 9.54. The van der Waals surface area contributed by atoms with E-state index in [1.807, 2.05) is 31.2 Å². The van der Waals surface area contributed by atoms with Gasteiger partial charge in [0.25, 0.3) is 0 Å². The fraction of sp³-hybridized carbons (Fsp3) is 0.455. The number of methoxy groups -OCH3 is 2. The third-order valence-corrected chi connectivity index (χ3v) is 10.7. The zero-order valence-corrected chi connectivity index (χ0v) is 24.5. The number of hydrogen-bond donors (Lipinski definition) is 1. The van der Waals surface area contributed by atoms with E-state index in [4.69, 9.17) is 14.2 Å². The van der Waals surface area contributed by atoms with Gasteiger partial charge in [0.05, 0.1) is 32.8 Å². The number of ether oxygens (including phenoxy) is 3. The highest BCUT2D eigenvalue weighted by Gasteiger charge is 2.55. The van der Waals surface area contributed by atoms with Gasteiger partial charge in [-0.3, -0.25) is 4.79 Å². The minimum atomic E-state index is -0.329. The highest BCUT2D eigenvalue weighted by atomic mass is 32.1. The van der Waals surface area contributed by atoms with Gasteiger partial charge in [-0.05, 0) is 109 Å². The topological polar surface area (TPSA) is 73.9 Å². The van der Waals surface area contributed by atoms with Crippen molar-refractivity contribution in [1.29, 1.82) is 0 Å². The van der Waals surface area contributed by atoms with Crippen LogP contribution in [0.25, 0.3) is 0 Å². The van der Waals surface area contributed by atoms with E-state index in [0.29, 0.717) is 34.9 Å². The van der Waals surface area contributed by atoms with E-state index in [1.165, 1.54) is 16.0 Å². The average molecular weight is 560 g/mol. The van der Waals surface area contributed by atoms with E-state index < -0.39 is 0 Å². The number of anilines is 1. The molecular formula is C33H37NO5S. The van der Waals surface area contributed by atoms with E-state index in [-0.39, 0.29) is 23.7 Å². The maximum atomic E-state index is 13.4. The molecule has 1 heterocycles. The van der Waals surface area contributed by atoms with Crippen LogP contribution in [0, 0.1) is 11.8 Å². The van der Waals surface area contributed by atoms with Gasteiger partial charge in [0.1, 0.15) is 16.5 Å². The third-order valence-electron chi connectivity index (χ3n) is 9.54. The van der Waals surface area contributed by atoms with Crippen LogP contribution in [0.1, 0.15) is 76.5 Å². The van der Waals surface area contributed by atoms with Crippen molar-refractivity contribution in [3.63, 3.8) is 0 Å². The minimum Gasteiger partial charge on any atom is -0.497 e. The Morgan fingerprint density at radius 2 is 1.80 bits per heavy atom. The van der Waals surface area contributed by atoms with Gasteiger partial charge in [-0.25, -0.2) is 4.79 Å². The summed E-state index contributed by atoms with van der Waals surface area (Å²) in [6.45, 7) is 4.48. The van der Waals surface area contributed by atoms with Gasteiger partial charge in [0.2, 0.25) is 5.91 Å². The fourth-order valence-electron chi connectivity index (χ4n) is 7.70. The summed E-state index contributed by atoms with van der Waals surface area (Å²) in [7, 11) is 3.35. The first kappa shape index (κ1) is 26.9. The highest BCUT2D eigenvalue weighted by molar-refractivity contribution is 7.17. The summed E-state index contributed by atoms with van der Waals surface area (Å²) in [4.78, 5) is 27.8. The van der Waals surface area contributed by atoms with Crippen molar-refractivity contribution in [3.05, 3.63) is 75.2 Å². The molecule has 40 heavy (non-hydrogen) atoms. The van der Waals surface area contributed by atoms with Crippen LogP contribution in [0.2, 0.25) is 0 Å². The van der Waals surface area contributed by atoms with Crippen LogP contribution in [0.3, 0.4) is 0 Å². The Morgan fingerprint density at radius 3 is 2.52 bits per heavy atom. The summed E-state index contributed by atoms with van der Waals surface area (Å²) in [6.07, 6.45) is 5.49. The van der Waals surface area contributed by atoms with Crippen molar-refractivity contribution in [2.75, 3.05) is 26.1 Å². The molecule has 1 amide bonds. The van der Waals surface area contributed by atoms with E-state index >= 15 is 0 Å². The molecule has 3 aliphatic carbocycles. The lowest BCUT2D eigenvalue weighted by Gasteiger charge is -2.49. The number of nitrogens with one attached hydrogen (secondary N) is 1. The Kier molecular flexibility index (Phi) is 7.11. The zero-order valence-electron chi connectivity index (χ0n) is 23.7. The molecule has 6 nitrogen and oxygen atoms in total. The number of thiophene rings is 1. The van der Waals surface area contributed by atoms with Crippen LogP contribution < -0.4 is 14.8 Å². The van der Waals surface area contributed by atoms with E-state index in [9.17, 15) is 9.59 Å². The van der Waals surface area contributed by atoms with Crippen LogP contribution in [0.15, 0.2) is 42.5 Å². The Labute approximate surface area is 240 Å². The predicted octanol–water partition coefficient (Wildman–Crippen LogP) is 6.69. The summed E-state index contributed by atoms with van der Waals surface area (Å²) in [5.74, 6) is 2.80. The molecule has 0 spiro atoms. The first-order valence-corrected chi connectivity index (χ1v) is 15.1. The van der Waals surface area contributed by atoms with Crippen LogP contribution >= 0.6 is 11.3 Å². The van der Waals surface area contributed by atoms with Gasteiger partial charge >= 0.3 is 5.97 Å². The quantitative estimate of drug-likeness (QED) is 0.327. The molecule has 0 bridgehead atoms. The second-order valence-electron chi connectivity index (χ2n) is 11.5. The number of carbonyl (C=O) groups excluding carboxylic acids is 2. The third kappa shape index (κ3) is 4.48. The molecule has 1 aromatic heterocycles. The molecule has 3 aromatic rings. The molecule has 0 saturated heterocycles. The number of benzene rings is 2. The van der Waals surface area contributed by atoms with Crippen molar-refractivity contribution in [1.82, 2.24) is 0 Å². The second-order valence-corrected chi connectivity index (χ2v) is 12.6. The number of amides is 1. The van der Waals surface area contributed by atoms with Crippen LogP contribution in [-0.2, 0) is 34.2 Å². The van der Waals surface area contributed by atoms with Gasteiger partial charge in [0.15, 0.2) is 0 Å². The molecule has 0 aliphatic heterocycles. The molecule has 1 saturated carbocycles. The first-order valence-electron chi connectivity index (χ1n) is 14.3. The van der Waals surface area contributed by atoms with Crippen molar-refractivity contribution >= 4 is 28.2 Å². The van der Waals surface area contributed by atoms with E-state index in [2.05, 4.69) is 30.4 Å². The van der Waals surface area contributed by atoms with E-state index in [1.54, 1.807) is 25.6 Å². The number of carbonyl (C=O) groups is 2.